The van der Waals surface area contributed by atoms with Gasteiger partial charge in [-0.25, -0.2) is 9.36 Å². The molecule has 0 radical (unpaired) electrons. The molecule has 6 nitrogen and oxygen atoms in total. The Balaban J connectivity index is 2.00. The van der Waals surface area contributed by atoms with Crippen LogP contribution in [0.15, 0.2) is 53.3 Å². The van der Waals surface area contributed by atoms with E-state index in [-0.39, 0.29) is 0 Å². The highest BCUT2D eigenvalue weighted by atomic mass is 35.5. The number of nitrogens with zero attached hydrogens (tertiary/aromatic N) is 3. The number of aromatic amines is 1. The van der Waals surface area contributed by atoms with Gasteiger partial charge in [0.2, 0.25) is 0 Å². The van der Waals surface area contributed by atoms with Gasteiger partial charge in [-0.05, 0) is 49.6 Å². The number of rotatable bonds is 0. The van der Waals surface area contributed by atoms with Crippen LogP contribution in [0.5, 0.6) is 0 Å². The van der Waals surface area contributed by atoms with E-state index >= 15 is 0 Å². The van der Waals surface area contributed by atoms with Crippen LogP contribution >= 0.6 is 11.6 Å². The zero-order valence-electron chi connectivity index (χ0n) is 15.2. The third-order valence-corrected chi connectivity index (χ3v) is 5.21. The molecule has 7 heteroatoms. The fourth-order valence-corrected chi connectivity index (χ4v) is 3.97. The highest BCUT2D eigenvalue weighted by Crippen LogP contribution is 2.32. The molecule has 28 heavy (non-hydrogen) atoms. The molecule has 0 fully saturated rings. The topological polar surface area (TPSA) is 72.7 Å². The number of hydrogen-bond acceptors (Lipinski definition) is 3. The fraction of sp³-hybridized carbons (Fsp3) is 0.0952. The van der Waals surface area contributed by atoms with Gasteiger partial charge in [0.15, 0.2) is 0 Å². The molecule has 0 saturated heterocycles. The molecule has 138 valence electrons. The molecule has 3 heterocycles. The van der Waals surface area contributed by atoms with Crippen molar-refractivity contribution in [2.24, 2.45) is 0 Å². The Bertz CT molecular complexity index is 1490. The van der Waals surface area contributed by atoms with E-state index in [1.54, 1.807) is 38.1 Å². The van der Waals surface area contributed by atoms with E-state index in [1.165, 1.54) is 4.68 Å². The number of carbonyl (C=O) groups excluding carboxylic acids is 1. The van der Waals surface area contributed by atoms with Crippen LogP contribution in [-0.4, -0.2) is 25.4 Å². The van der Waals surface area contributed by atoms with Crippen molar-refractivity contribution in [2.45, 2.75) is 13.8 Å². The third kappa shape index (κ3) is 2.25. The van der Waals surface area contributed by atoms with Crippen molar-refractivity contribution >= 4 is 50.3 Å². The molecule has 0 aliphatic rings. The number of halogens is 1. The normalized spacial score (nSPS) is 11.7. The number of H-pyrrole nitrogens is 1. The lowest BCUT2D eigenvalue weighted by Crippen LogP contribution is -2.32. The Morgan fingerprint density at radius 3 is 2.50 bits per heavy atom. The first-order chi connectivity index (χ1) is 13.5. The Kier molecular flexibility index (Phi) is 3.48. The van der Waals surface area contributed by atoms with Gasteiger partial charge in [-0.2, -0.15) is 9.78 Å². The van der Waals surface area contributed by atoms with Crippen LogP contribution in [0.3, 0.4) is 0 Å². The van der Waals surface area contributed by atoms with Crippen molar-refractivity contribution in [3.05, 3.63) is 75.3 Å². The van der Waals surface area contributed by atoms with Gasteiger partial charge in [-0.15, -0.1) is 0 Å². The van der Waals surface area contributed by atoms with E-state index in [0.29, 0.717) is 27.4 Å². The molecule has 0 saturated carbocycles. The minimum atomic E-state index is -0.524. The van der Waals surface area contributed by atoms with Crippen LogP contribution in [0.25, 0.3) is 32.7 Å². The molecule has 1 N–H and O–H groups in total. The van der Waals surface area contributed by atoms with Crippen molar-refractivity contribution in [3.63, 3.8) is 0 Å². The van der Waals surface area contributed by atoms with Crippen molar-refractivity contribution in [2.75, 3.05) is 0 Å². The Hall–Kier alpha value is -3.38. The second-order valence-corrected chi connectivity index (χ2v) is 7.28. The monoisotopic (exact) mass is 390 g/mol. The summed E-state index contributed by atoms with van der Waals surface area (Å²) in [7, 11) is 0. The van der Waals surface area contributed by atoms with E-state index in [2.05, 4.69) is 10.1 Å². The quantitative estimate of drug-likeness (QED) is 0.419. The average Bonchev–Trinajstić information content (AvgIpc) is 3.20. The molecule has 0 bridgehead atoms. The fourth-order valence-electron chi connectivity index (χ4n) is 3.80. The molecule has 3 aromatic heterocycles. The number of aromatic nitrogens is 4. The summed E-state index contributed by atoms with van der Waals surface area (Å²) in [6.45, 7) is 3.59. The molecule has 0 spiro atoms. The maximum absolute atomic E-state index is 13.3. The molecule has 0 atom stereocenters. The van der Waals surface area contributed by atoms with Gasteiger partial charge < -0.3 is 4.98 Å². The smallest absolute Gasteiger partial charge is 0.340 e. The lowest BCUT2D eigenvalue weighted by Gasteiger charge is -2.10. The second kappa shape index (κ2) is 5.81. The molecule has 5 rings (SSSR count). The van der Waals surface area contributed by atoms with Crippen molar-refractivity contribution in [1.82, 2.24) is 19.3 Å². The van der Waals surface area contributed by atoms with Crippen LogP contribution in [0.2, 0.25) is 5.02 Å². The number of hydrogen-bond donors (Lipinski definition) is 1. The van der Waals surface area contributed by atoms with Crippen LogP contribution in [-0.2, 0) is 0 Å². The number of fused-ring (bicyclic) bond motifs is 5. The summed E-state index contributed by atoms with van der Waals surface area (Å²) >= 11 is 6.22. The van der Waals surface area contributed by atoms with Gasteiger partial charge in [0.05, 0.1) is 5.69 Å². The van der Waals surface area contributed by atoms with E-state index in [1.807, 2.05) is 24.3 Å². The molecule has 0 aliphatic heterocycles. The minimum absolute atomic E-state index is 0.390. The number of pyridine rings is 1. The molecule has 0 amide bonds. The zero-order valence-corrected chi connectivity index (χ0v) is 15.9. The maximum Gasteiger partial charge on any atom is 0.357 e. The second-order valence-electron chi connectivity index (χ2n) is 6.85. The molecule has 0 unspecified atom stereocenters. The van der Waals surface area contributed by atoms with Gasteiger partial charge in [-0.1, -0.05) is 29.8 Å². The Labute approximate surface area is 164 Å². The molecular weight excluding hydrogens is 376 g/mol. The van der Waals surface area contributed by atoms with Crippen LogP contribution in [0.1, 0.15) is 11.4 Å². The summed E-state index contributed by atoms with van der Waals surface area (Å²) in [5, 5.41) is 7.71. The van der Waals surface area contributed by atoms with Gasteiger partial charge in [-0.3, -0.25) is 4.79 Å². The number of aryl methyl sites for hydroxylation is 2. The van der Waals surface area contributed by atoms with E-state index in [9.17, 15) is 9.59 Å². The van der Waals surface area contributed by atoms with E-state index in [0.717, 1.165) is 26.2 Å². The van der Waals surface area contributed by atoms with E-state index < -0.39 is 11.6 Å². The lowest BCUT2D eigenvalue weighted by atomic mass is 10.1. The van der Waals surface area contributed by atoms with Crippen LogP contribution < -0.4 is 5.56 Å². The summed E-state index contributed by atoms with van der Waals surface area (Å²) in [6, 6.07) is 14.0. The first kappa shape index (κ1) is 16.8. The highest BCUT2D eigenvalue weighted by Gasteiger charge is 2.22. The van der Waals surface area contributed by atoms with Gasteiger partial charge in [0.1, 0.15) is 5.65 Å². The van der Waals surface area contributed by atoms with Gasteiger partial charge in [0.25, 0.3) is 5.56 Å². The molecule has 0 aliphatic carbocycles. The van der Waals surface area contributed by atoms with Crippen LogP contribution in [0, 0.1) is 13.8 Å². The van der Waals surface area contributed by atoms with Crippen molar-refractivity contribution in [3.8, 4) is 0 Å². The van der Waals surface area contributed by atoms with Gasteiger partial charge >= 0.3 is 6.03 Å². The first-order valence-corrected chi connectivity index (χ1v) is 9.16. The maximum atomic E-state index is 13.3. The molecule has 5 aromatic rings. The summed E-state index contributed by atoms with van der Waals surface area (Å²) in [6.07, 6.45) is 0. The Morgan fingerprint density at radius 2 is 1.79 bits per heavy atom. The minimum Gasteiger partial charge on any atom is -0.340 e. The average molecular weight is 391 g/mol. The lowest BCUT2D eigenvalue weighted by molar-refractivity contribution is 0.240. The zero-order chi connectivity index (χ0) is 19.6. The van der Waals surface area contributed by atoms with E-state index in [4.69, 9.17) is 11.6 Å². The predicted octanol–water partition coefficient (Wildman–Crippen LogP) is 4.62. The predicted molar refractivity (Wildman–Crippen MR) is 110 cm³/mol. The summed E-state index contributed by atoms with van der Waals surface area (Å²) < 4.78 is 2.41. The first-order valence-electron chi connectivity index (χ1n) is 8.78. The summed E-state index contributed by atoms with van der Waals surface area (Å²) in [5.41, 5.74) is 2.20. The van der Waals surface area contributed by atoms with Crippen molar-refractivity contribution < 1.29 is 4.79 Å². The summed E-state index contributed by atoms with van der Waals surface area (Å²) in [4.78, 5) is 29.8. The number of benzene rings is 2. The third-order valence-electron chi connectivity index (χ3n) is 4.98. The summed E-state index contributed by atoms with van der Waals surface area (Å²) in [5.74, 6) is 0. The molecular formula is C21H15ClN4O2. The highest BCUT2D eigenvalue weighted by molar-refractivity contribution is 6.32. The molecule has 2 aromatic carbocycles. The SMILES string of the molecule is Cc1cc(C)n(C(=O)n2c(=O)c3ccccc3c3c4cc(Cl)ccc4[nH]c32)n1. The number of carbonyl (C=O) groups is 1. The van der Waals surface area contributed by atoms with Crippen LogP contribution in [0.4, 0.5) is 4.79 Å². The van der Waals surface area contributed by atoms with Crippen molar-refractivity contribution in [1.29, 1.82) is 0 Å². The standard InChI is InChI=1S/C21H15ClN4O2/c1-11-9-12(2)26(24-11)21(28)25-19-18(14-5-3-4-6-15(14)20(25)27)16-10-13(22)7-8-17(16)23-19/h3-10,23H,1-2H3. The largest absolute Gasteiger partial charge is 0.357 e. The van der Waals surface area contributed by atoms with Gasteiger partial charge in [0, 0.05) is 32.4 Å². The number of nitrogens with one attached hydrogen (secondary N) is 1. The Morgan fingerprint density at radius 1 is 1.04 bits per heavy atom.